The number of aliphatic hydroxyl groups is 3. The van der Waals surface area contributed by atoms with E-state index in [0.717, 1.165) is 0 Å². The van der Waals surface area contributed by atoms with Gasteiger partial charge in [-0.3, -0.25) is 24.1 Å². The minimum Gasteiger partial charge on any atom is -0.508 e. The summed E-state index contributed by atoms with van der Waals surface area (Å²) < 4.78 is 47.7. The number of rotatable bonds is 8. The van der Waals surface area contributed by atoms with Gasteiger partial charge < -0.3 is 41.5 Å². The fraction of sp³-hybridized carbons (Fsp3) is 0.481. The SMILES string of the molecule is COCCNCC(=O)Nc1cc(C(F)(F)F)c2c(c1O)C(O)=C1C(=O)[C@]3(O)C(O)=C(C(N)=O)C(=O)[C@@H](N(C)C)[C@@H]3C[C@@H]1C2. The minimum atomic E-state index is -5.03. The van der Waals surface area contributed by atoms with Crippen LogP contribution in [0.15, 0.2) is 23.0 Å². The first-order valence-corrected chi connectivity index (χ1v) is 13.1. The van der Waals surface area contributed by atoms with Crippen LogP contribution in [0.2, 0.25) is 0 Å². The van der Waals surface area contributed by atoms with Gasteiger partial charge in [0, 0.05) is 25.1 Å². The summed E-state index contributed by atoms with van der Waals surface area (Å²) in [7, 11) is 4.22. The molecule has 0 spiro atoms. The van der Waals surface area contributed by atoms with Crippen LogP contribution in [0.4, 0.5) is 18.9 Å². The predicted octanol–water partition coefficient (Wildman–Crippen LogP) is 0.157. The zero-order valence-corrected chi connectivity index (χ0v) is 23.3. The van der Waals surface area contributed by atoms with Crippen LogP contribution < -0.4 is 16.4 Å². The lowest BCUT2D eigenvalue weighted by molar-refractivity contribution is -0.153. The van der Waals surface area contributed by atoms with Crippen LogP contribution in [0, 0.1) is 11.8 Å². The number of phenolic OH excluding ortho intramolecular Hbond substituents is 1. The molecule has 3 aliphatic carbocycles. The van der Waals surface area contributed by atoms with E-state index in [1.165, 1.54) is 26.1 Å². The molecule has 1 saturated carbocycles. The third kappa shape index (κ3) is 5.13. The molecule has 4 rings (SSSR count). The fourth-order valence-corrected chi connectivity index (χ4v) is 6.23. The first-order chi connectivity index (χ1) is 20.0. The summed E-state index contributed by atoms with van der Waals surface area (Å²) in [6, 6.07) is -0.871. The summed E-state index contributed by atoms with van der Waals surface area (Å²) in [6.07, 6.45) is -5.98. The Balaban J connectivity index is 1.89. The molecule has 234 valence electrons. The summed E-state index contributed by atoms with van der Waals surface area (Å²) in [6.45, 7) is 0.130. The van der Waals surface area contributed by atoms with Gasteiger partial charge in [0.1, 0.15) is 22.8 Å². The number of Topliss-reactive ketones (excluding diaryl/α,β-unsaturated/α-hetero) is 2. The Morgan fingerprint density at radius 2 is 1.86 bits per heavy atom. The van der Waals surface area contributed by atoms with Gasteiger partial charge in [0.2, 0.25) is 11.7 Å². The van der Waals surface area contributed by atoms with Gasteiger partial charge in [-0.05, 0) is 44.5 Å². The molecule has 0 bridgehead atoms. The number of likely N-dealkylation sites (N-methyl/N-ethyl adjacent to an activating group) is 1. The molecule has 1 aromatic rings. The summed E-state index contributed by atoms with van der Waals surface area (Å²) in [4.78, 5) is 52.7. The van der Waals surface area contributed by atoms with E-state index in [1.54, 1.807) is 0 Å². The van der Waals surface area contributed by atoms with Crippen molar-refractivity contribution in [1.82, 2.24) is 10.2 Å². The number of aliphatic hydroxyl groups excluding tert-OH is 2. The van der Waals surface area contributed by atoms with Gasteiger partial charge in [-0.1, -0.05) is 0 Å². The number of nitrogens with zero attached hydrogens (tertiary/aromatic N) is 1. The third-order valence-corrected chi connectivity index (χ3v) is 8.07. The topological polar surface area (TPSA) is 212 Å². The Morgan fingerprint density at radius 1 is 1.21 bits per heavy atom. The molecule has 0 unspecified atom stereocenters. The van der Waals surface area contributed by atoms with Gasteiger partial charge in [-0.25, -0.2) is 0 Å². The van der Waals surface area contributed by atoms with Crippen molar-refractivity contribution in [3.05, 3.63) is 39.7 Å². The van der Waals surface area contributed by atoms with Gasteiger partial charge in [-0.15, -0.1) is 0 Å². The molecule has 13 nitrogen and oxygen atoms in total. The number of hydrogen-bond donors (Lipinski definition) is 7. The molecular weight excluding hydrogens is 581 g/mol. The smallest absolute Gasteiger partial charge is 0.416 e. The number of carbonyl (C=O) groups is 4. The van der Waals surface area contributed by atoms with Gasteiger partial charge >= 0.3 is 6.18 Å². The van der Waals surface area contributed by atoms with Crippen LogP contribution >= 0.6 is 0 Å². The lowest BCUT2D eigenvalue weighted by Crippen LogP contribution is -2.65. The lowest BCUT2D eigenvalue weighted by atomic mass is 9.57. The van der Waals surface area contributed by atoms with Crippen molar-refractivity contribution in [2.24, 2.45) is 17.6 Å². The summed E-state index contributed by atoms with van der Waals surface area (Å²) in [5.41, 5.74) is -2.70. The number of alkyl halides is 3. The number of amides is 2. The van der Waals surface area contributed by atoms with Gasteiger partial charge in [0.25, 0.3) is 5.91 Å². The highest BCUT2D eigenvalue weighted by molar-refractivity contribution is 6.24. The van der Waals surface area contributed by atoms with Crippen molar-refractivity contribution >= 4 is 34.8 Å². The summed E-state index contributed by atoms with van der Waals surface area (Å²) in [5, 5.41) is 49.6. The molecule has 0 saturated heterocycles. The highest BCUT2D eigenvalue weighted by atomic mass is 19.4. The Hall–Kier alpha value is -3.99. The molecule has 0 radical (unpaired) electrons. The van der Waals surface area contributed by atoms with Crippen LogP contribution in [-0.4, -0.2) is 101 Å². The van der Waals surface area contributed by atoms with Crippen LogP contribution in [-0.2, 0) is 36.5 Å². The highest BCUT2D eigenvalue weighted by Crippen LogP contribution is 2.55. The predicted molar refractivity (Wildman–Crippen MR) is 143 cm³/mol. The maximum Gasteiger partial charge on any atom is 0.416 e. The second kappa shape index (κ2) is 11.3. The normalized spacial score (nSPS) is 25.4. The zero-order valence-electron chi connectivity index (χ0n) is 23.3. The standard InChI is InChI=1S/C27H31F3N4O9/c1-34(2)19-13-7-10-6-11-12(27(28,29)30)8-14(33-15(35)9-32-4-5-43-3)20(36)17(11)21(37)16(10)23(39)26(13,42)24(40)18(22(19)38)25(31)41/h8,10,13,19,32,36-37,40,42H,4-7,9H2,1-3H3,(H2,31,41)(H,33,35)/t10-,13-,19-,26-/m0/s1. The number of halogens is 3. The van der Waals surface area contributed by atoms with Crippen molar-refractivity contribution in [2.45, 2.75) is 30.7 Å². The Kier molecular flexibility index (Phi) is 8.36. The highest BCUT2D eigenvalue weighted by Gasteiger charge is 2.64. The van der Waals surface area contributed by atoms with Crippen LogP contribution in [0.5, 0.6) is 5.75 Å². The van der Waals surface area contributed by atoms with Crippen molar-refractivity contribution in [3.63, 3.8) is 0 Å². The average Bonchev–Trinajstić information content (AvgIpc) is 2.89. The number of anilines is 1. The van der Waals surface area contributed by atoms with E-state index in [9.17, 15) is 52.8 Å². The van der Waals surface area contributed by atoms with E-state index in [-0.39, 0.29) is 26.1 Å². The molecule has 4 atom stereocenters. The number of benzene rings is 1. The fourth-order valence-electron chi connectivity index (χ4n) is 6.23. The molecular formula is C27H31F3N4O9. The van der Waals surface area contributed by atoms with E-state index >= 15 is 0 Å². The molecule has 43 heavy (non-hydrogen) atoms. The van der Waals surface area contributed by atoms with Crippen molar-refractivity contribution in [2.75, 3.05) is 46.2 Å². The number of nitrogens with one attached hydrogen (secondary N) is 2. The first-order valence-electron chi connectivity index (χ1n) is 13.1. The third-order valence-electron chi connectivity index (χ3n) is 8.07. The van der Waals surface area contributed by atoms with Gasteiger partial charge in [0.15, 0.2) is 11.4 Å². The van der Waals surface area contributed by atoms with E-state index in [0.29, 0.717) is 6.07 Å². The number of primary amides is 1. The van der Waals surface area contributed by atoms with Crippen molar-refractivity contribution < 1.29 is 57.5 Å². The number of fused-ring (bicyclic) bond motifs is 3. The summed E-state index contributed by atoms with van der Waals surface area (Å²) in [5.74, 6) is -10.7. The van der Waals surface area contributed by atoms with E-state index < -0.39 is 110 Å². The van der Waals surface area contributed by atoms with Crippen LogP contribution in [0.3, 0.4) is 0 Å². The van der Waals surface area contributed by atoms with Crippen LogP contribution in [0.25, 0.3) is 5.76 Å². The molecule has 0 aliphatic heterocycles. The Labute approximate surface area is 242 Å². The van der Waals surface area contributed by atoms with Crippen LogP contribution in [0.1, 0.15) is 23.1 Å². The van der Waals surface area contributed by atoms with Gasteiger partial charge in [-0.2, -0.15) is 13.2 Å². The first kappa shape index (κ1) is 31.9. The molecule has 0 aromatic heterocycles. The molecule has 16 heteroatoms. The van der Waals surface area contributed by atoms with Gasteiger partial charge in [0.05, 0.1) is 36.0 Å². The quantitative estimate of drug-likeness (QED) is 0.119. The number of ether oxygens (including phenoxy) is 1. The van der Waals surface area contributed by atoms with Crippen molar-refractivity contribution in [1.29, 1.82) is 0 Å². The molecule has 1 fully saturated rings. The monoisotopic (exact) mass is 612 g/mol. The molecule has 1 aromatic carbocycles. The number of ketones is 2. The number of methoxy groups -OCH3 is 1. The molecule has 0 heterocycles. The largest absolute Gasteiger partial charge is 0.508 e. The number of aromatic hydroxyl groups is 1. The second-order valence-corrected chi connectivity index (χ2v) is 10.9. The number of carbonyl (C=O) groups excluding carboxylic acids is 4. The number of nitrogens with two attached hydrogens (primary N) is 1. The second-order valence-electron chi connectivity index (χ2n) is 10.9. The number of phenols is 1. The summed E-state index contributed by atoms with van der Waals surface area (Å²) >= 11 is 0. The number of hydrogen-bond acceptors (Lipinski definition) is 11. The van der Waals surface area contributed by atoms with E-state index in [4.69, 9.17) is 10.5 Å². The Morgan fingerprint density at radius 3 is 2.42 bits per heavy atom. The molecule has 3 aliphatic rings. The maximum absolute atomic E-state index is 14.3. The zero-order chi connectivity index (χ0) is 32.2. The minimum absolute atomic E-state index is 0.243. The van der Waals surface area contributed by atoms with Crippen molar-refractivity contribution in [3.8, 4) is 5.75 Å². The molecule has 2 amide bonds. The average molecular weight is 613 g/mol. The maximum atomic E-state index is 14.3. The Bertz CT molecular complexity index is 1470. The van der Waals surface area contributed by atoms with E-state index in [1.807, 2.05) is 0 Å². The lowest BCUT2D eigenvalue weighted by Gasteiger charge is -2.50. The van der Waals surface area contributed by atoms with E-state index in [2.05, 4.69) is 10.6 Å². The molecule has 8 N–H and O–H groups in total.